The number of hydrogen-bond donors (Lipinski definition) is 1. The minimum absolute atomic E-state index is 0.650. The van der Waals surface area contributed by atoms with Gasteiger partial charge in [0.2, 0.25) is 6.29 Å². The van der Waals surface area contributed by atoms with E-state index >= 15 is 0 Å². The van der Waals surface area contributed by atoms with Gasteiger partial charge in [0, 0.05) is 5.56 Å². The highest BCUT2D eigenvalue weighted by Crippen LogP contribution is 2.37. The second-order valence-electron chi connectivity index (χ2n) is 4.83. The van der Waals surface area contributed by atoms with Gasteiger partial charge < -0.3 is 9.94 Å². The van der Waals surface area contributed by atoms with Gasteiger partial charge in [0.25, 0.3) is 0 Å². The molecule has 1 heterocycles. The van der Waals surface area contributed by atoms with E-state index in [1.165, 1.54) is 0 Å². The Bertz CT molecular complexity index is 595. The number of hydrogen-bond acceptors (Lipinski definition) is 3. The lowest BCUT2D eigenvalue weighted by Crippen LogP contribution is -2.40. The fourth-order valence-corrected chi connectivity index (χ4v) is 2.43. The van der Waals surface area contributed by atoms with Crippen molar-refractivity contribution in [3.05, 3.63) is 71.8 Å². The van der Waals surface area contributed by atoms with Gasteiger partial charge in [-0.3, -0.25) is 0 Å². The number of aliphatic hydroxyl groups is 1. The van der Waals surface area contributed by atoms with Gasteiger partial charge in [0.05, 0.1) is 0 Å². The summed E-state index contributed by atoms with van der Waals surface area (Å²) in [5.41, 5.74) is 2.06. The topological polar surface area (TPSA) is 41.8 Å². The van der Waals surface area contributed by atoms with Crippen molar-refractivity contribution in [2.45, 2.75) is 18.6 Å². The minimum Gasteiger partial charge on any atom is -0.362 e. The van der Waals surface area contributed by atoms with Gasteiger partial charge in [-0.25, -0.2) is 0 Å². The number of nitrogens with zero attached hydrogens (tertiary/aromatic N) is 1. The van der Waals surface area contributed by atoms with Gasteiger partial charge in [0.15, 0.2) is 0 Å². The third kappa shape index (κ3) is 1.83. The lowest BCUT2D eigenvalue weighted by Gasteiger charge is -2.27. The molecule has 0 saturated carbocycles. The van der Waals surface area contributed by atoms with Crippen LogP contribution in [0.15, 0.2) is 65.8 Å². The van der Waals surface area contributed by atoms with E-state index in [0.29, 0.717) is 0 Å². The van der Waals surface area contributed by atoms with E-state index in [4.69, 9.17) is 4.84 Å². The first-order valence-corrected chi connectivity index (χ1v) is 6.26. The van der Waals surface area contributed by atoms with E-state index < -0.39 is 11.7 Å². The van der Waals surface area contributed by atoms with Crippen molar-refractivity contribution in [1.82, 2.24) is 0 Å². The average Bonchev–Trinajstić information content (AvgIpc) is 2.78. The maximum Gasteiger partial charge on any atom is 0.239 e. The van der Waals surface area contributed by atoms with Crippen LogP contribution in [-0.2, 0) is 10.3 Å². The molecule has 2 atom stereocenters. The summed E-state index contributed by atoms with van der Waals surface area (Å²) in [4.78, 5) is 5.13. The maximum absolute atomic E-state index is 10.2. The second kappa shape index (κ2) is 4.52. The molecule has 0 amide bonds. The van der Waals surface area contributed by atoms with Gasteiger partial charge in [-0.05, 0) is 12.5 Å². The Balaban J connectivity index is 2.11. The van der Waals surface area contributed by atoms with Gasteiger partial charge in [0.1, 0.15) is 11.1 Å². The molecule has 1 aliphatic heterocycles. The number of benzene rings is 2. The summed E-state index contributed by atoms with van der Waals surface area (Å²) in [5, 5.41) is 14.3. The molecule has 0 aliphatic carbocycles. The van der Waals surface area contributed by atoms with Gasteiger partial charge in [-0.2, -0.15) is 0 Å². The van der Waals surface area contributed by atoms with Crippen LogP contribution in [0.2, 0.25) is 0 Å². The molecule has 0 saturated heterocycles. The molecule has 2 unspecified atom stereocenters. The molecular formula is C16H15NO2. The van der Waals surface area contributed by atoms with Crippen molar-refractivity contribution >= 4 is 5.71 Å². The van der Waals surface area contributed by atoms with Crippen molar-refractivity contribution in [2.75, 3.05) is 0 Å². The fraction of sp³-hybridized carbons (Fsp3) is 0.188. The molecule has 3 nitrogen and oxygen atoms in total. The molecule has 2 aromatic carbocycles. The Morgan fingerprint density at radius 1 is 1.00 bits per heavy atom. The molecule has 96 valence electrons. The summed E-state index contributed by atoms with van der Waals surface area (Å²) in [5.74, 6) is 0. The fourth-order valence-electron chi connectivity index (χ4n) is 2.43. The molecule has 3 rings (SSSR count). The van der Waals surface area contributed by atoms with Crippen LogP contribution >= 0.6 is 0 Å². The number of rotatable bonds is 2. The van der Waals surface area contributed by atoms with Crippen LogP contribution in [0.1, 0.15) is 18.1 Å². The smallest absolute Gasteiger partial charge is 0.239 e. The number of aliphatic hydroxyl groups excluding tert-OH is 1. The molecule has 2 aromatic rings. The molecule has 19 heavy (non-hydrogen) atoms. The standard InChI is InChI=1S/C16H15NO2/c1-16(13-10-6-3-7-11-13)14(17-19-15(16)18)12-8-4-2-5-9-12/h2-11,15,18H,1H3. The Morgan fingerprint density at radius 3 is 2.21 bits per heavy atom. The monoisotopic (exact) mass is 253 g/mol. The molecule has 1 aliphatic rings. The molecule has 0 spiro atoms. The lowest BCUT2D eigenvalue weighted by atomic mass is 9.75. The predicted molar refractivity (Wildman–Crippen MR) is 73.9 cm³/mol. The summed E-state index contributed by atoms with van der Waals surface area (Å²) in [6.07, 6.45) is -0.967. The lowest BCUT2D eigenvalue weighted by molar-refractivity contribution is -0.106. The summed E-state index contributed by atoms with van der Waals surface area (Å²) in [6, 6.07) is 19.6. The summed E-state index contributed by atoms with van der Waals surface area (Å²) >= 11 is 0. The molecule has 0 fully saturated rings. The number of oxime groups is 1. The largest absolute Gasteiger partial charge is 0.362 e. The highest BCUT2D eigenvalue weighted by atomic mass is 16.7. The van der Waals surface area contributed by atoms with Crippen LogP contribution in [0, 0.1) is 0 Å². The van der Waals surface area contributed by atoms with Crippen molar-refractivity contribution in [2.24, 2.45) is 5.16 Å². The highest BCUT2D eigenvalue weighted by Gasteiger charge is 2.47. The van der Waals surface area contributed by atoms with Crippen molar-refractivity contribution in [3.63, 3.8) is 0 Å². The van der Waals surface area contributed by atoms with Crippen LogP contribution in [-0.4, -0.2) is 17.1 Å². The van der Waals surface area contributed by atoms with E-state index in [0.717, 1.165) is 16.8 Å². The van der Waals surface area contributed by atoms with Crippen molar-refractivity contribution in [3.8, 4) is 0 Å². The van der Waals surface area contributed by atoms with Gasteiger partial charge in [-0.1, -0.05) is 65.8 Å². The summed E-state index contributed by atoms with van der Waals surface area (Å²) < 4.78 is 0. The van der Waals surface area contributed by atoms with E-state index in [1.807, 2.05) is 67.6 Å². The zero-order valence-electron chi connectivity index (χ0n) is 10.7. The van der Waals surface area contributed by atoms with E-state index in [2.05, 4.69) is 5.16 Å². The molecule has 3 heteroatoms. The first-order valence-electron chi connectivity index (χ1n) is 6.26. The molecule has 0 radical (unpaired) electrons. The minimum atomic E-state index is -0.967. The molecule has 0 aromatic heterocycles. The van der Waals surface area contributed by atoms with E-state index in [9.17, 15) is 5.11 Å². The van der Waals surface area contributed by atoms with Crippen LogP contribution in [0.5, 0.6) is 0 Å². The highest BCUT2D eigenvalue weighted by molar-refractivity contribution is 6.08. The normalized spacial score (nSPS) is 25.8. The van der Waals surface area contributed by atoms with Crippen LogP contribution in [0.3, 0.4) is 0 Å². The third-order valence-electron chi connectivity index (χ3n) is 3.65. The Hall–Kier alpha value is -2.13. The third-order valence-corrected chi connectivity index (χ3v) is 3.65. The summed E-state index contributed by atoms with van der Waals surface area (Å²) in [7, 11) is 0. The van der Waals surface area contributed by atoms with Crippen molar-refractivity contribution in [1.29, 1.82) is 0 Å². The Morgan fingerprint density at radius 2 is 1.58 bits per heavy atom. The predicted octanol–water partition coefficient (Wildman–Crippen LogP) is 2.70. The maximum atomic E-state index is 10.2. The first-order chi connectivity index (χ1) is 9.23. The molecule has 0 bridgehead atoms. The second-order valence-corrected chi connectivity index (χ2v) is 4.83. The summed E-state index contributed by atoms with van der Waals surface area (Å²) in [6.45, 7) is 1.95. The zero-order chi connectivity index (χ0) is 13.3. The van der Waals surface area contributed by atoms with Crippen LogP contribution < -0.4 is 0 Å². The van der Waals surface area contributed by atoms with Crippen LogP contribution in [0.25, 0.3) is 0 Å². The Kier molecular flexibility index (Phi) is 2.84. The van der Waals surface area contributed by atoms with E-state index in [1.54, 1.807) is 0 Å². The van der Waals surface area contributed by atoms with Crippen LogP contribution in [0.4, 0.5) is 0 Å². The van der Waals surface area contributed by atoms with E-state index in [-0.39, 0.29) is 0 Å². The molecule has 1 N–H and O–H groups in total. The first kappa shape index (κ1) is 11.9. The zero-order valence-corrected chi connectivity index (χ0v) is 10.7. The van der Waals surface area contributed by atoms with Gasteiger partial charge in [-0.15, -0.1) is 0 Å². The quantitative estimate of drug-likeness (QED) is 0.894. The average molecular weight is 253 g/mol. The Labute approximate surface area is 112 Å². The SMILES string of the molecule is CC1(c2ccccc2)C(c2ccccc2)=NOC1O. The van der Waals surface area contributed by atoms with Crippen molar-refractivity contribution < 1.29 is 9.94 Å². The van der Waals surface area contributed by atoms with Gasteiger partial charge >= 0.3 is 0 Å². The molecular weight excluding hydrogens is 238 g/mol.